The number of nitrogens with one attached hydrogen (secondary N) is 1. The van der Waals surface area contributed by atoms with Gasteiger partial charge < -0.3 is 14.6 Å². The van der Waals surface area contributed by atoms with Gasteiger partial charge in [0.15, 0.2) is 17.4 Å². The SMILES string of the molecule is CCOc1cccnc1NCc1nncn1C. The van der Waals surface area contributed by atoms with Crippen molar-refractivity contribution in [1.82, 2.24) is 19.7 Å². The van der Waals surface area contributed by atoms with E-state index in [0.717, 1.165) is 17.4 Å². The van der Waals surface area contributed by atoms with Crippen molar-refractivity contribution in [2.75, 3.05) is 11.9 Å². The standard InChI is InChI=1S/C11H15N5O/c1-3-17-9-5-4-6-12-11(9)13-7-10-15-14-8-16(10)2/h4-6,8H,3,7H2,1-2H3,(H,12,13). The van der Waals surface area contributed by atoms with Gasteiger partial charge in [-0.15, -0.1) is 10.2 Å². The smallest absolute Gasteiger partial charge is 0.169 e. The number of anilines is 1. The Morgan fingerprint density at radius 2 is 2.35 bits per heavy atom. The average Bonchev–Trinajstić information content (AvgIpc) is 2.74. The summed E-state index contributed by atoms with van der Waals surface area (Å²) in [7, 11) is 1.90. The van der Waals surface area contributed by atoms with Crippen LogP contribution >= 0.6 is 0 Å². The van der Waals surface area contributed by atoms with Crippen LogP contribution in [0.4, 0.5) is 5.82 Å². The van der Waals surface area contributed by atoms with Crippen molar-refractivity contribution in [3.63, 3.8) is 0 Å². The van der Waals surface area contributed by atoms with Gasteiger partial charge in [0, 0.05) is 13.2 Å². The Kier molecular flexibility index (Phi) is 3.54. The van der Waals surface area contributed by atoms with Crippen LogP contribution in [0.25, 0.3) is 0 Å². The topological polar surface area (TPSA) is 64.9 Å². The Hall–Kier alpha value is -2.11. The summed E-state index contributed by atoms with van der Waals surface area (Å²) in [5, 5.41) is 11.0. The Morgan fingerprint density at radius 3 is 3.06 bits per heavy atom. The van der Waals surface area contributed by atoms with Gasteiger partial charge in [-0.2, -0.15) is 0 Å². The van der Waals surface area contributed by atoms with Gasteiger partial charge in [0.25, 0.3) is 0 Å². The summed E-state index contributed by atoms with van der Waals surface area (Å²) >= 11 is 0. The van der Waals surface area contributed by atoms with Gasteiger partial charge in [-0.05, 0) is 19.1 Å². The molecule has 0 saturated carbocycles. The second kappa shape index (κ2) is 5.29. The minimum absolute atomic E-state index is 0.563. The normalized spacial score (nSPS) is 10.2. The van der Waals surface area contributed by atoms with Crippen molar-refractivity contribution in [2.45, 2.75) is 13.5 Å². The van der Waals surface area contributed by atoms with E-state index in [-0.39, 0.29) is 0 Å². The minimum Gasteiger partial charge on any atom is -0.490 e. The molecule has 0 aromatic carbocycles. The first-order valence-electron chi connectivity index (χ1n) is 5.45. The summed E-state index contributed by atoms with van der Waals surface area (Å²) in [6.07, 6.45) is 3.39. The van der Waals surface area contributed by atoms with Crippen LogP contribution in [0.15, 0.2) is 24.7 Å². The summed E-state index contributed by atoms with van der Waals surface area (Å²) in [5.74, 6) is 2.31. The third kappa shape index (κ3) is 2.72. The van der Waals surface area contributed by atoms with Crippen molar-refractivity contribution in [1.29, 1.82) is 0 Å². The van der Waals surface area contributed by atoms with Crippen LogP contribution in [0.1, 0.15) is 12.7 Å². The molecule has 0 atom stereocenters. The molecule has 2 rings (SSSR count). The summed E-state index contributed by atoms with van der Waals surface area (Å²) in [4.78, 5) is 4.23. The summed E-state index contributed by atoms with van der Waals surface area (Å²) in [6, 6.07) is 3.73. The third-order valence-electron chi connectivity index (χ3n) is 2.29. The molecule has 0 spiro atoms. The van der Waals surface area contributed by atoms with Gasteiger partial charge in [-0.25, -0.2) is 4.98 Å². The van der Waals surface area contributed by atoms with Gasteiger partial charge in [0.05, 0.1) is 13.2 Å². The van der Waals surface area contributed by atoms with Crippen molar-refractivity contribution >= 4 is 5.82 Å². The van der Waals surface area contributed by atoms with Gasteiger partial charge >= 0.3 is 0 Å². The van der Waals surface area contributed by atoms with Crippen LogP contribution in [-0.4, -0.2) is 26.4 Å². The summed E-state index contributed by atoms with van der Waals surface area (Å²) in [6.45, 7) is 3.12. The van der Waals surface area contributed by atoms with Crippen LogP contribution in [0.3, 0.4) is 0 Å². The molecule has 1 N–H and O–H groups in total. The molecule has 0 aliphatic rings. The zero-order chi connectivity index (χ0) is 12.1. The quantitative estimate of drug-likeness (QED) is 0.841. The van der Waals surface area contributed by atoms with Gasteiger partial charge in [-0.1, -0.05) is 0 Å². The number of aromatic nitrogens is 4. The van der Waals surface area contributed by atoms with Crippen molar-refractivity contribution in [2.24, 2.45) is 7.05 Å². The van der Waals surface area contributed by atoms with E-state index in [1.165, 1.54) is 0 Å². The van der Waals surface area contributed by atoms with Gasteiger partial charge in [-0.3, -0.25) is 0 Å². The molecular weight excluding hydrogens is 218 g/mol. The molecule has 0 aliphatic carbocycles. The van der Waals surface area contributed by atoms with E-state index in [0.29, 0.717) is 13.2 Å². The zero-order valence-electron chi connectivity index (χ0n) is 9.92. The van der Waals surface area contributed by atoms with Gasteiger partial charge in [0.2, 0.25) is 0 Å². The molecule has 0 radical (unpaired) electrons. The highest BCUT2D eigenvalue weighted by molar-refractivity contribution is 5.49. The van der Waals surface area contributed by atoms with E-state index in [2.05, 4.69) is 20.5 Å². The molecule has 0 bridgehead atoms. The molecule has 2 aromatic heterocycles. The first-order valence-corrected chi connectivity index (χ1v) is 5.45. The number of ether oxygens (including phenoxy) is 1. The maximum atomic E-state index is 5.47. The fourth-order valence-electron chi connectivity index (χ4n) is 1.43. The molecule has 0 unspecified atom stereocenters. The fraction of sp³-hybridized carbons (Fsp3) is 0.364. The lowest BCUT2D eigenvalue weighted by molar-refractivity contribution is 0.340. The Morgan fingerprint density at radius 1 is 1.47 bits per heavy atom. The largest absolute Gasteiger partial charge is 0.490 e. The molecule has 6 nitrogen and oxygen atoms in total. The zero-order valence-corrected chi connectivity index (χ0v) is 9.92. The predicted octanol–water partition coefficient (Wildman–Crippen LogP) is 1.22. The predicted molar refractivity (Wildman–Crippen MR) is 63.7 cm³/mol. The number of rotatable bonds is 5. The summed E-state index contributed by atoms with van der Waals surface area (Å²) < 4.78 is 7.33. The van der Waals surface area contributed by atoms with E-state index in [4.69, 9.17) is 4.74 Å². The summed E-state index contributed by atoms with van der Waals surface area (Å²) in [5.41, 5.74) is 0. The number of nitrogens with zero attached hydrogens (tertiary/aromatic N) is 4. The van der Waals surface area contributed by atoms with E-state index < -0.39 is 0 Å². The Bertz CT molecular complexity index is 482. The maximum Gasteiger partial charge on any atom is 0.169 e. The fourth-order valence-corrected chi connectivity index (χ4v) is 1.43. The number of aryl methyl sites for hydroxylation is 1. The first-order chi connectivity index (χ1) is 8.31. The number of hydrogen-bond donors (Lipinski definition) is 1. The first kappa shape index (κ1) is 11.4. The highest BCUT2D eigenvalue weighted by Crippen LogP contribution is 2.20. The van der Waals surface area contributed by atoms with E-state index in [1.807, 2.05) is 30.7 Å². The number of pyridine rings is 1. The monoisotopic (exact) mass is 233 g/mol. The molecule has 6 heteroatoms. The molecule has 0 aliphatic heterocycles. The van der Waals surface area contributed by atoms with E-state index in [1.54, 1.807) is 12.5 Å². The molecular formula is C11H15N5O. The lowest BCUT2D eigenvalue weighted by Gasteiger charge is -2.10. The van der Waals surface area contributed by atoms with Crippen LogP contribution < -0.4 is 10.1 Å². The highest BCUT2D eigenvalue weighted by Gasteiger charge is 2.05. The average molecular weight is 233 g/mol. The van der Waals surface area contributed by atoms with Crippen LogP contribution in [0.2, 0.25) is 0 Å². The second-order valence-corrected chi connectivity index (χ2v) is 3.49. The third-order valence-corrected chi connectivity index (χ3v) is 2.29. The number of hydrogen-bond acceptors (Lipinski definition) is 5. The van der Waals surface area contributed by atoms with Crippen LogP contribution in [-0.2, 0) is 13.6 Å². The molecule has 2 heterocycles. The second-order valence-electron chi connectivity index (χ2n) is 3.49. The van der Waals surface area contributed by atoms with Crippen molar-refractivity contribution in [3.8, 4) is 5.75 Å². The molecule has 17 heavy (non-hydrogen) atoms. The van der Waals surface area contributed by atoms with E-state index in [9.17, 15) is 0 Å². The van der Waals surface area contributed by atoms with Crippen LogP contribution in [0.5, 0.6) is 5.75 Å². The Balaban J connectivity index is 2.06. The minimum atomic E-state index is 0.563. The van der Waals surface area contributed by atoms with Crippen LogP contribution in [0, 0.1) is 0 Å². The lowest BCUT2D eigenvalue weighted by atomic mass is 10.4. The van der Waals surface area contributed by atoms with Gasteiger partial charge in [0.1, 0.15) is 6.33 Å². The van der Waals surface area contributed by atoms with Crippen molar-refractivity contribution < 1.29 is 4.74 Å². The molecule has 0 saturated heterocycles. The maximum absolute atomic E-state index is 5.47. The molecule has 90 valence electrons. The van der Waals surface area contributed by atoms with Crippen molar-refractivity contribution in [3.05, 3.63) is 30.5 Å². The van der Waals surface area contributed by atoms with E-state index >= 15 is 0 Å². The lowest BCUT2D eigenvalue weighted by Crippen LogP contribution is -2.08. The highest BCUT2D eigenvalue weighted by atomic mass is 16.5. The molecule has 2 aromatic rings. The Labute approximate surface area is 99.7 Å². The molecule has 0 fully saturated rings. The molecule has 0 amide bonds.